The van der Waals surface area contributed by atoms with Crippen LogP contribution in [0.3, 0.4) is 0 Å². The van der Waals surface area contributed by atoms with Gasteiger partial charge in [-0.3, -0.25) is 0 Å². The van der Waals surface area contributed by atoms with Gasteiger partial charge >= 0.3 is 12.0 Å². The number of carbonyl (C=O) groups is 2. The lowest BCUT2D eigenvalue weighted by molar-refractivity contribution is -0.139. The molecule has 0 spiro atoms. The van der Waals surface area contributed by atoms with Crippen molar-refractivity contribution in [2.45, 2.75) is 38.1 Å². The van der Waals surface area contributed by atoms with E-state index in [4.69, 9.17) is 10.2 Å². The van der Waals surface area contributed by atoms with E-state index in [-0.39, 0.29) is 19.1 Å². The molecule has 2 aliphatic carbocycles. The number of urea groups is 1. The van der Waals surface area contributed by atoms with Gasteiger partial charge in [0.2, 0.25) is 0 Å². The number of aliphatic hydroxyl groups is 1. The SMILES string of the molecule is CN(CC1CC2CCC1C2)C(=O)N[C@@H](CCO)C(=O)O. The van der Waals surface area contributed by atoms with Crippen LogP contribution >= 0.6 is 0 Å². The Morgan fingerprint density at radius 2 is 2.10 bits per heavy atom. The van der Waals surface area contributed by atoms with Crippen molar-refractivity contribution in [1.29, 1.82) is 0 Å². The normalized spacial score (nSPS) is 29.2. The summed E-state index contributed by atoms with van der Waals surface area (Å²) in [6, 6.07) is -1.39. The molecule has 2 amide bonds. The Labute approximate surface area is 119 Å². The van der Waals surface area contributed by atoms with Crippen LogP contribution < -0.4 is 5.32 Å². The van der Waals surface area contributed by atoms with Crippen molar-refractivity contribution in [1.82, 2.24) is 10.2 Å². The molecule has 2 saturated carbocycles. The molecule has 3 N–H and O–H groups in total. The molecule has 6 heteroatoms. The first-order chi connectivity index (χ1) is 9.51. The van der Waals surface area contributed by atoms with E-state index < -0.39 is 12.0 Å². The van der Waals surface area contributed by atoms with E-state index >= 15 is 0 Å². The number of amides is 2. The third kappa shape index (κ3) is 3.42. The van der Waals surface area contributed by atoms with Crippen molar-refractivity contribution < 1.29 is 19.8 Å². The summed E-state index contributed by atoms with van der Waals surface area (Å²) in [5, 5.41) is 20.2. The van der Waals surface area contributed by atoms with Crippen molar-refractivity contribution in [3.63, 3.8) is 0 Å². The zero-order chi connectivity index (χ0) is 14.7. The van der Waals surface area contributed by atoms with Crippen LogP contribution in [0.25, 0.3) is 0 Å². The van der Waals surface area contributed by atoms with Crippen LogP contribution in [0.2, 0.25) is 0 Å². The highest BCUT2D eigenvalue weighted by atomic mass is 16.4. The predicted molar refractivity (Wildman–Crippen MR) is 73.2 cm³/mol. The summed E-state index contributed by atoms with van der Waals surface area (Å²) in [5.74, 6) is 1.02. The van der Waals surface area contributed by atoms with E-state index in [2.05, 4.69) is 5.32 Å². The van der Waals surface area contributed by atoms with Gasteiger partial charge in [-0.15, -0.1) is 0 Å². The molecular formula is C14H24N2O4. The maximum absolute atomic E-state index is 12.0. The lowest BCUT2D eigenvalue weighted by Gasteiger charge is -2.28. The molecule has 2 rings (SSSR count). The number of hydrogen-bond acceptors (Lipinski definition) is 3. The van der Waals surface area contributed by atoms with Gasteiger partial charge < -0.3 is 20.4 Å². The number of aliphatic hydroxyl groups excluding tert-OH is 1. The average molecular weight is 284 g/mol. The Kier molecular flexibility index (Phi) is 4.86. The van der Waals surface area contributed by atoms with Gasteiger partial charge in [0, 0.05) is 26.6 Å². The number of nitrogens with one attached hydrogen (secondary N) is 1. The first-order valence-corrected chi connectivity index (χ1v) is 7.36. The molecule has 20 heavy (non-hydrogen) atoms. The molecule has 0 aliphatic heterocycles. The van der Waals surface area contributed by atoms with Gasteiger partial charge in [0.05, 0.1) is 0 Å². The number of carboxylic acid groups (broad SMARTS) is 1. The summed E-state index contributed by atoms with van der Waals surface area (Å²) in [6.07, 6.45) is 5.12. The van der Waals surface area contributed by atoms with Crippen LogP contribution in [0.1, 0.15) is 32.1 Å². The Balaban J connectivity index is 1.80. The largest absolute Gasteiger partial charge is 0.480 e. The fourth-order valence-electron chi connectivity index (χ4n) is 3.68. The van der Waals surface area contributed by atoms with Gasteiger partial charge in [0.1, 0.15) is 6.04 Å². The van der Waals surface area contributed by atoms with E-state index in [1.165, 1.54) is 25.7 Å². The Morgan fingerprint density at radius 3 is 2.60 bits per heavy atom. The molecular weight excluding hydrogens is 260 g/mol. The molecule has 0 aromatic rings. The minimum Gasteiger partial charge on any atom is -0.480 e. The van der Waals surface area contributed by atoms with Gasteiger partial charge in [0.15, 0.2) is 0 Å². The van der Waals surface area contributed by atoms with Crippen molar-refractivity contribution in [2.75, 3.05) is 20.2 Å². The van der Waals surface area contributed by atoms with Gasteiger partial charge in [0.25, 0.3) is 0 Å². The maximum Gasteiger partial charge on any atom is 0.326 e. The fraction of sp³-hybridized carbons (Fsp3) is 0.857. The number of hydrogen-bond donors (Lipinski definition) is 3. The summed E-state index contributed by atoms with van der Waals surface area (Å²) in [5.41, 5.74) is 0. The number of carbonyl (C=O) groups excluding carboxylic acids is 1. The van der Waals surface area contributed by atoms with Crippen molar-refractivity contribution in [3.8, 4) is 0 Å². The van der Waals surface area contributed by atoms with Crippen molar-refractivity contribution >= 4 is 12.0 Å². The molecule has 6 nitrogen and oxygen atoms in total. The second-order valence-electron chi connectivity index (χ2n) is 6.17. The Hall–Kier alpha value is -1.30. The number of nitrogens with zero attached hydrogens (tertiary/aromatic N) is 1. The van der Waals surface area contributed by atoms with Crippen LogP contribution in [-0.2, 0) is 4.79 Å². The van der Waals surface area contributed by atoms with Crippen molar-refractivity contribution in [3.05, 3.63) is 0 Å². The van der Waals surface area contributed by atoms with Crippen LogP contribution in [-0.4, -0.2) is 53.4 Å². The summed E-state index contributed by atoms with van der Waals surface area (Å²) < 4.78 is 0. The summed E-state index contributed by atoms with van der Waals surface area (Å²) in [7, 11) is 1.71. The first kappa shape index (κ1) is 15.1. The van der Waals surface area contributed by atoms with Crippen LogP contribution in [0, 0.1) is 17.8 Å². The second kappa shape index (κ2) is 6.43. The van der Waals surface area contributed by atoms with E-state index in [0.717, 1.165) is 11.8 Å². The molecule has 0 aromatic heterocycles. The molecule has 2 aliphatic rings. The molecule has 0 aromatic carbocycles. The van der Waals surface area contributed by atoms with E-state index in [0.29, 0.717) is 12.5 Å². The highest BCUT2D eigenvalue weighted by Crippen LogP contribution is 2.48. The second-order valence-corrected chi connectivity index (χ2v) is 6.17. The molecule has 3 unspecified atom stereocenters. The lowest BCUT2D eigenvalue weighted by atomic mass is 9.88. The Bertz CT molecular complexity index is 374. The average Bonchev–Trinajstić information content (AvgIpc) is 3.00. The number of fused-ring (bicyclic) bond motifs is 2. The first-order valence-electron chi connectivity index (χ1n) is 7.36. The minimum atomic E-state index is -1.11. The molecule has 2 fully saturated rings. The lowest BCUT2D eigenvalue weighted by Crippen LogP contribution is -2.48. The minimum absolute atomic E-state index is 0.0308. The number of aliphatic carboxylic acids is 1. The third-order valence-electron chi connectivity index (χ3n) is 4.75. The Morgan fingerprint density at radius 1 is 1.35 bits per heavy atom. The maximum atomic E-state index is 12.0. The molecule has 114 valence electrons. The van der Waals surface area contributed by atoms with Gasteiger partial charge in [-0.25, -0.2) is 9.59 Å². The van der Waals surface area contributed by atoms with E-state index in [1.807, 2.05) is 0 Å². The molecule has 0 radical (unpaired) electrons. The zero-order valence-electron chi connectivity index (χ0n) is 11.9. The van der Waals surface area contributed by atoms with Gasteiger partial charge in [-0.05, 0) is 37.0 Å². The van der Waals surface area contributed by atoms with E-state index in [1.54, 1.807) is 11.9 Å². The molecule has 2 bridgehead atoms. The highest BCUT2D eigenvalue weighted by Gasteiger charge is 2.40. The summed E-state index contributed by atoms with van der Waals surface area (Å²) >= 11 is 0. The predicted octanol–water partition coefficient (Wildman–Crippen LogP) is 0.900. The van der Waals surface area contributed by atoms with Gasteiger partial charge in [-0.2, -0.15) is 0 Å². The standard InChI is InChI=1S/C14H24N2O4/c1-16(8-11-7-9-2-3-10(11)6-9)14(20)15-12(4-5-17)13(18)19/h9-12,17H,2-8H2,1H3,(H,15,20)(H,18,19)/t9?,10?,11?,12-/m0/s1. The molecule has 4 atom stereocenters. The van der Waals surface area contributed by atoms with Crippen molar-refractivity contribution in [2.24, 2.45) is 17.8 Å². The van der Waals surface area contributed by atoms with E-state index in [9.17, 15) is 9.59 Å². The smallest absolute Gasteiger partial charge is 0.326 e. The fourth-order valence-corrected chi connectivity index (χ4v) is 3.68. The monoisotopic (exact) mass is 284 g/mol. The summed E-state index contributed by atoms with van der Waals surface area (Å²) in [4.78, 5) is 24.5. The molecule has 0 saturated heterocycles. The van der Waals surface area contributed by atoms with Crippen LogP contribution in [0.15, 0.2) is 0 Å². The summed E-state index contributed by atoms with van der Waals surface area (Å²) in [6.45, 7) is 0.436. The van der Waals surface area contributed by atoms with Crippen LogP contribution in [0.4, 0.5) is 4.79 Å². The van der Waals surface area contributed by atoms with Gasteiger partial charge in [-0.1, -0.05) is 6.42 Å². The topological polar surface area (TPSA) is 89.9 Å². The molecule has 0 heterocycles. The third-order valence-corrected chi connectivity index (χ3v) is 4.75. The highest BCUT2D eigenvalue weighted by molar-refractivity contribution is 5.82. The quantitative estimate of drug-likeness (QED) is 0.676. The van der Waals surface area contributed by atoms with Crippen LogP contribution in [0.5, 0.6) is 0 Å². The zero-order valence-corrected chi connectivity index (χ0v) is 11.9. The number of carboxylic acids is 1. The number of rotatable bonds is 6.